The molecule has 6 atom stereocenters. The van der Waals surface area contributed by atoms with Crippen LogP contribution >= 0.6 is 0 Å². The maximum absolute atomic E-state index is 11.1. The summed E-state index contributed by atoms with van der Waals surface area (Å²) in [6.45, 7) is 7.17. The molecule has 126 valence electrons. The van der Waals surface area contributed by atoms with Crippen molar-refractivity contribution in [1.82, 2.24) is 0 Å². The lowest BCUT2D eigenvalue weighted by Gasteiger charge is -2.53. The number of benzene rings is 1. The number of hydrogen-bond acceptors (Lipinski definition) is 2. The highest BCUT2D eigenvalue weighted by atomic mass is 16.3. The molecule has 0 saturated heterocycles. The van der Waals surface area contributed by atoms with E-state index in [2.05, 4.69) is 26.8 Å². The van der Waals surface area contributed by atoms with Gasteiger partial charge < -0.3 is 10.2 Å². The van der Waals surface area contributed by atoms with Gasteiger partial charge in [0.05, 0.1) is 6.10 Å². The second-order valence-corrected chi connectivity index (χ2v) is 8.92. The first-order valence-corrected chi connectivity index (χ1v) is 9.41. The number of aromatic hydroxyl groups is 1. The molecule has 1 aromatic rings. The molecule has 0 amide bonds. The molecule has 6 unspecified atom stereocenters. The molecule has 23 heavy (non-hydrogen) atoms. The minimum absolute atomic E-state index is 0.232. The fraction of sp³-hybridized carbons (Fsp3) is 0.714. The summed E-state index contributed by atoms with van der Waals surface area (Å²) in [5, 5.41) is 20.8. The van der Waals surface area contributed by atoms with Crippen molar-refractivity contribution in [1.29, 1.82) is 0 Å². The van der Waals surface area contributed by atoms with E-state index < -0.39 is 0 Å². The predicted molar refractivity (Wildman–Crippen MR) is 92.4 cm³/mol. The molecule has 2 fully saturated rings. The van der Waals surface area contributed by atoms with Crippen LogP contribution in [-0.4, -0.2) is 16.3 Å². The highest BCUT2D eigenvalue weighted by Gasteiger charge is 2.57. The van der Waals surface area contributed by atoms with E-state index in [1.807, 2.05) is 6.07 Å². The van der Waals surface area contributed by atoms with Crippen molar-refractivity contribution in [2.45, 2.75) is 64.9 Å². The van der Waals surface area contributed by atoms with Crippen molar-refractivity contribution in [2.75, 3.05) is 0 Å². The Balaban J connectivity index is 1.73. The maximum Gasteiger partial charge on any atom is 0.115 e. The Morgan fingerprint density at radius 1 is 1.17 bits per heavy atom. The molecule has 3 aliphatic rings. The van der Waals surface area contributed by atoms with E-state index >= 15 is 0 Å². The first kappa shape index (κ1) is 15.5. The van der Waals surface area contributed by atoms with Gasteiger partial charge >= 0.3 is 0 Å². The van der Waals surface area contributed by atoms with Crippen LogP contribution in [0.25, 0.3) is 0 Å². The average Bonchev–Trinajstić information content (AvgIpc) is 2.83. The SMILES string of the molecule is CC(C)C1CCC2C3CCc4cc(O)ccc4C3C(O)CC12C. The van der Waals surface area contributed by atoms with Crippen LogP contribution in [0.3, 0.4) is 0 Å². The van der Waals surface area contributed by atoms with Crippen LogP contribution in [0.15, 0.2) is 18.2 Å². The first-order valence-electron chi connectivity index (χ1n) is 9.41. The Kier molecular flexibility index (Phi) is 3.53. The van der Waals surface area contributed by atoms with E-state index in [0.29, 0.717) is 23.0 Å². The summed E-state index contributed by atoms with van der Waals surface area (Å²) in [6.07, 6.45) is 5.60. The van der Waals surface area contributed by atoms with Gasteiger partial charge in [0, 0.05) is 5.92 Å². The monoisotopic (exact) mass is 314 g/mol. The molecule has 3 aliphatic carbocycles. The topological polar surface area (TPSA) is 40.5 Å². The summed E-state index contributed by atoms with van der Waals surface area (Å²) < 4.78 is 0. The van der Waals surface area contributed by atoms with E-state index in [0.717, 1.165) is 24.7 Å². The number of rotatable bonds is 1. The average molecular weight is 314 g/mol. The zero-order chi connectivity index (χ0) is 16.4. The number of aryl methyl sites for hydroxylation is 1. The van der Waals surface area contributed by atoms with E-state index in [1.54, 1.807) is 6.07 Å². The molecule has 0 spiro atoms. The van der Waals surface area contributed by atoms with Gasteiger partial charge in [-0.15, -0.1) is 0 Å². The van der Waals surface area contributed by atoms with E-state index in [1.165, 1.54) is 30.4 Å². The maximum atomic E-state index is 11.1. The molecule has 4 rings (SSSR count). The Morgan fingerprint density at radius 2 is 1.96 bits per heavy atom. The molecule has 2 N–H and O–H groups in total. The first-order chi connectivity index (χ1) is 10.9. The molecule has 0 bridgehead atoms. The third kappa shape index (κ3) is 2.17. The third-order valence-corrected chi connectivity index (χ3v) is 7.56. The molecule has 1 aromatic carbocycles. The second-order valence-electron chi connectivity index (χ2n) is 8.92. The van der Waals surface area contributed by atoms with Crippen LogP contribution in [0, 0.1) is 29.1 Å². The number of phenolic OH excluding ortho intramolecular Hbond substituents is 1. The van der Waals surface area contributed by atoms with Gasteiger partial charge in [-0.3, -0.25) is 0 Å². The lowest BCUT2D eigenvalue weighted by molar-refractivity contribution is -0.0622. The smallest absolute Gasteiger partial charge is 0.115 e. The molecule has 0 aliphatic heterocycles. The van der Waals surface area contributed by atoms with Crippen molar-refractivity contribution >= 4 is 0 Å². The van der Waals surface area contributed by atoms with Crippen LogP contribution in [0.4, 0.5) is 0 Å². The normalized spacial score (nSPS) is 42.2. The van der Waals surface area contributed by atoms with Crippen LogP contribution < -0.4 is 0 Å². The number of phenols is 1. The molecular weight excluding hydrogens is 284 g/mol. The third-order valence-electron chi connectivity index (χ3n) is 7.56. The molecule has 2 saturated carbocycles. The van der Waals surface area contributed by atoms with Gasteiger partial charge in [-0.05, 0) is 84.5 Å². The zero-order valence-corrected chi connectivity index (χ0v) is 14.6. The molecular formula is C21H30O2. The summed E-state index contributed by atoms with van der Waals surface area (Å²) in [5.74, 6) is 3.47. The highest BCUT2D eigenvalue weighted by Crippen LogP contribution is 2.64. The van der Waals surface area contributed by atoms with E-state index in [4.69, 9.17) is 0 Å². The lowest BCUT2D eigenvalue weighted by atomic mass is 9.52. The molecule has 0 heterocycles. The molecule has 2 heteroatoms. The largest absolute Gasteiger partial charge is 0.508 e. The molecule has 0 aromatic heterocycles. The lowest BCUT2D eigenvalue weighted by Crippen LogP contribution is -2.49. The fourth-order valence-electron chi connectivity index (χ4n) is 6.78. The summed E-state index contributed by atoms with van der Waals surface area (Å²) >= 11 is 0. The quantitative estimate of drug-likeness (QED) is 0.801. The van der Waals surface area contributed by atoms with Crippen molar-refractivity contribution in [3.63, 3.8) is 0 Å². The number of hydrogen-bond donors (Lipinski definition) is 2. The van der Waals surface area contributed by atoms with Crippen LogP contribution in [0.2, 0.25) is 0 Å². The van der Waals surface area contributed by atoms with Gasteiger partial charge in [0.1, 0.15) is 5.75 Å². The minimum atomic E-state index is -0.232. The standard InChI is InChI=1S/C21H30O2/c1-12(2)17-8-9-18-16-6-4-13-10-14(22)5-7-15(13)20(16)19(23)11-21(17,18)3/h5,7,10,12,16-20,22-23H,4,6,8-9,11H2,1-3H3. The van der Waals surface area contributed by atoms with Crippen LogP contribution in [-0.2, 0) is 6.42 Å². The van der Waals surface area contributed by atoms with Gasteiger partial charge in [-0.1, -0.05) is 26.8 Å². The number of fused-ring (bicyclic) bond motifs is 5. The predicted octanol–water partition coefficient (Wildman–Crippen LogP) is 4.49. The molecule has 0 radical (unpaired) electrons. The van der Waals surface area contributed by atoms with Gasteiger partial charge in [-0.2, -0.15) is 0 Å². The van der Waals surface area contributed by atoms with Crippen molar-refractivity contribution in [3.05, 3.63) is 29.3 Å². The summed E-state index contributed by atoms with van der Waals surface area (Å²) in [5.41, 5.74) is 2.87. The van der Waals surface area contributed by atoms with E-state index in [-0.39, 0.29) is 12.0 Å². The number of aliphatic hydroxyl groups excluding tert-OH is 1. The van der Waals surface area contributed by atoms with Gasteiger partial charge in [0.15, 0.2) is 0 Å². The highest BCUT2D eigenvalue weighted by molar-refractivity contribution is 5.40. The van der Waals surface area contributed by atoms with E-state index in [9.17, 15) is 10.2 Å². The van der Waals surface area contributed by atoms with Crippen molar-refractivity contribution in [2.24, 2.45) is 29.1 Å². The van der Waals surface area contributed by atoms with Crippen LogP contribution in [0.5, 0.6) is 5.75 Å². The fourth-order valence-corrected chi connectivity index (χ4v) is 6.78. The van der Waals surface area contributed by atoms with Gasteiger partial charge in [0.25, 0.3) is 0 Å². The van der Waals surface area contributed by atoms with Gasteiger partial charge in [-0.25, -0.2) is 0 Å². The minimum Gasteiger partial charge on any atom is -0.508 e. The number of aliphatic hydroxyl groups is 1. The van der Waals surface area contributed by atoms with Crippen molar-refractivity contribution < 1.29 is 10.2 Å². The van der Waals surface area contributed by atoms with Crippen LogP contribution in [0.1, 0.15) is 63.5 Å². The summed E-state index contributed by atoms with van der Waals surface area (Å²) in [4.78, 5) is 0. The Bertz CT molecular complexity index is 608. The van der Waals surface area contributed by atoms with Crippen molar-refractivity contribution in [3.8, 4) is 5.75 Å². The second kappa shape index (κ2) is 5.24. The Morgan fingerprint density at radius 3 is 2.70 bits per heavy atom. The Labute approximate surface area is 139 Å². The zero-order valence-electron chi connectivity index (χ0n) is 14.6. The summed E-state index contributed by atoms with van der Waals surface area (Å²) in [6, 6.07) is 5.78. The van der Waals surface area contributed by atoms with Gasteiger partial charge in [0.2, 0.25) is 0 Å². The molecule has 2 nitrogen and oxygen atoms in total. The Hall–Kier alpha value is -1.02. The summed E-state index contributed by atoms with van der Waals surface area (Å²) in [7, 11) is 0.